The van der Waals surface area contributed by atoms with Gasteiger partial charge in [0.2, 0.25) is 0 Å². The van der Waals surface area contributed by atoms with Crippen molar-refractivity contribution >= 4 is 34.6 Å². The average molecular weight is 323 g/mol. The molecule has 0 aromatic carbocycles. The van der Waals surface area contributed by atoms with Crippen LogP contribution in [0, 0.1) is 0 Å². The van der Waals surface area contributed by atoms with Crippen molar-refractivity contribution in [1.82, 2.24) is 15.5 Å². The average Bonchev–Trinajstić information content (AvgIpc) is 3.01. The van der Waals surface area contributed by atoms with Gasteiger partial charge < -0.3 is 20.3 Å². The van der Waals surface area contributed by atoms with E-state index in [-0.39, 0.29) is 11.9 Å². The number of carbonyl (C=O) groups is 1. The predicted octanol–water partition coefficient (Wildman–Crippen LogP) is 1.40. The highest BCUT2D eigenvalue weighted by Crippen LogP contribution is 2.31. The highest BCUT2D eigenvalue weighted by molar-refractivity contribution is 7.80. The van der Waals surface area contributed by atoms with Crippen LogP contribution in [-0.2, 0) is 9.53 Å². The number of nitrogens with one attached hydrogen (secondary N) is 2. The summed E-state index contributed by atoms with van der Waals surface area (Å²) in [6, 6.07) is 3.84. The lowest BCUT2D eigenvalue weighted by Gasteiger charge is -2.34. The Labute approximate surface area is 133 Å². The first kappa shape index (κ1) is 14.5. The number of allylic oxidation sites excluding steroid dienone is 1. The van der Waals surface area contributed by atoms with E-state index in [0.717, 1.165) is 16.1 Å². The number of hydrogen-bond donors (Lipinski definition) is 2. The maximum atomic E-state index is 12.9. The highest BCUT2D eigenvalue weighted by atomic mass is 32.1. The second kappa shape index (κ2) is 6.13. The van der Waals surface area contributed by atoms with Crippen LogP contribution in [0.3, 0.4) is 0 Å². The van der Waals surface area contributed by atoms with E-state index in [9.17, 15) is 4.79 Å². The second-order valence-electron chi connectivity index (χ2n) is 4.99. The molecule has 1 aromatic rings. The maximum Gasteiger partial charge on any atom is 0.254 e. The van der Waals surface area contributed by atoms with Crippen molar-refractivity contribution in [2.24, 2.45) is 0 Å². The molecule has 2 aliphatic heterocycles. The van der Waals surface area contributed by atoms with Crippen LogP contribution in [0.1, 0.15) is 17.8 Å². The quantitative estimate of drug-likeness (QED) is 0.806. The molecule has 0 aliphatic carbocycles. The van der Waals surface area contributed by atoms with Crippen molar-refractivity contribution in [3.63, 3.8) is 0 Å². The van der Waals surface area contributed by atoms with Gasteiger partial charge in [-0.3, -0.25) is 4.79 Å². The Bertz CT molecular complexity index is 577. The summed E-state index contributed by atoms with van der Waals surface area (Å²) in [5.74, 6) is 0.0525. The third-order valence-corrected chi connectivity index (χ3v) is 4.78. The van der Waals surface area contributed by atoms with Gasteiger partial charge in [0, 0.05) is 23.7 Å². The molecule has 3 heterocycles. The summed E-state index contributed by atoms with van der Waals surface area (Å²) in [5, 5.41) is 8.85. The minimum absolute atomic E-state index is 0.0525. The van der Waals surface area contributed by atoms with Gasteiger partial charge in [-0.05, 0) is 30.6 Å². The SMILES string of the molecule is CC1=C(C(=O)N2CCOCC2)[C@H](c2cccs2)NC(=S)N1. The molecule has 2 N–H and O–H groups in total. The molecule has 3 rings (SSSR count). The molecule has 1 fully saturated rings. The van der Waals surface area contributed by atoms with E-state index in [1.54, 1.807) is 11.3 Å². The van der Waals surface area contributed by atoms with Crippen LogP contribution in [0.25, 0.3) is 0 Å². The molecule has 1 saturated heterocycles. The van der Waals surface area contributed by atoms with Crippen LogP contribution in [0.4, 0.5) is 0 Å². The lowest BCUT2D eigenvalue weighted by Crippen LogP contribution is -2.49. The highest BCUT2D eigenvalue weighted by Gasteiger charge is 2.33. The van der Waals surface area contributed by atoms with Gasteiger partial charge in [-0.25, -0.2) is 0 Å². The fourth-order valence-electron chi connectivity index (χ4n) is 2.58. The Morgan fingerprint density at radius 3 is 2.90 bits per heavy atom. The summed E-state index contributed by atoms with van der Waals surface area (Å²) in [4.78, 5) is 15.8. The maximum absolute atomic E-state index is 12.9. The standard InChI is InChI=1S/C14H17N3O2S2/c1-9-11(13(18)17-4-6-19-7-5-17)12(16-14(20)15-9)10-3-2-8-21-10/h2-3,8,12H,4-7H2,1H3,(H2,15,16,20)/t12-/m0/s1. The summed E-state index contributed by atoms with van der Waals surface area (Å²) < 4.78 is 5.32. The number of hydrogen-bond acceptors (Lipinski definition) is 4. The number of amides is 1. The van der Waals surface area contributed by atoms with Crippen molar-refractivity contribution in [3.05, 3.63) is 33.7 Å². The van der Waals surface area contributed by atoms with Gasteiger partial charge in [-0.1, -0.05) is 6.07 Å². The van der Waals surface area contributed by atoms with Crippen molar-refractivity contribution in [2.45, 2.75) is 13.0 Å². The van der Waals surface area contributed by atoms with Gasteiger partial charge in [0.25, 0.3) is 5.91 Å². The number of carbonyl (C=O) groups excluding carboxylic acids is 1. The minimum atomic E-state index is -0.172. The predicted molar refractivity (Wildman–Crippen MR) is 86.0 cm³/mol. The first-order chi connectivity index (χ1) is 10.2. The van der Waals surface area contributed by atoms with Gasteiger partial charge in [0.15, 0.2) is 5.11 Å². The fraction of sp³-hybridized carbons (Fsp3) is 0.429. The topological polar surface area (TPSA) is 53.6 Å². The zero-order chi connectivity index (χ0) is 14.8. The molecule has 2 aliphatic rings. The Hall–Kier alpha value is -1.44. The molecule has 21 heavy (non-hydrogen) atoms. The van der Waals surface area contributed by atoms with Crippen LogP contribution in [0.15, 0.2) is 28.8 Å². The summed E-state index contributed by atoms with van der Waals surface area (Å²) in [6.07, 6.45) is 0. The Kier molecular flexibility index (Phi) is 4.23. The number of thiocarbonyl (C=S) groups is 1. The number of ether oxygens (including phenoxy) is 1. The van der Waals surface area contributed by atoms with E-state index >= 15 is 0 Å². The molecule has 0 radical (unpaired) electrons. The van der Waals surface area contributed by atoms with E-state index in [1.165, 1.54) is 0 Å². The third-order valence-electron chi connectivity index (χ3n) is 3.63. The molecule has 0 bridgehead atoms. The normalized spacial score (nSPS) is 22.8. The molecule has 0 unspecified atom stereocenters. The molecule has 7 heteroatoms. The molecule has 1 atom stereocenters. The van der Waals surface area contributed by atoms with Crippen LogP contribution >= 0.6 is 23.6 Å². The first-order valence-corrected chi connectivity index (χ1v) is 8.14. The summed E-state index contributed by atoms with van der Waals surface area (Å²) in [7, 11) is 0. The number of rotatable bonds is 2. The first-order valence-electron chi connectivity index (χ1n) is 6.85. The van der Waals surface area contributed by atoms with Gasteiger partial charge in [0.05, 0.1) is 24.8 Å². The van der Waals surface area contributed by atoms with E-state index < -0.39 is 0 Å². The van der Waals surface area contributed by atoms with Crippen molar-refractivity contribution in [1.29, 1.82) is 0 Å². The van der Waals surface area contributed by atoms with Gasteiger partial charge >= 0.3 is 0 Å². The summed E-state index contributed by atoms with van der Waals surface area (Å²) in [5.41, 5.74) is 1.57. The Balaban J connectivity index is 1.93. The molecule has 5 nitrogen and oxygen atoms in total. The van der Waals surface area contributed by atoms with E-state index in [1.807, 2.05) is 29.3 Å². The third kappa shape index (κ3) is 2.95. The largest absolute Gasteiger partial charge is 0.378 e. The molecular weight excluding hydrogens is 306 g/mol. The fourth-order valence-corrected chi connectivity index (χ4v) is 3.64. The lowest BCUT2D eigenvalue weighted by molar-refractivity contribution is -0.131. The van der Waals surface area contributed by atoms with Crippen LogP contribution in [0.5, 0.6) is 0 Å². The molecule has 0 spiro atoms. The second-order valence-corrected chi connectivity index (χ2v) is 6.38. The zero-order valence-corrected chi connectivity index (χ0v) is 13.4. The molecular formula is C14H17N3O2S2. The van der Waals surface area contributed by atoms with Crippen LogP contribution < -0.4 is 10.6 Å². The Morgan fingerprint density at radius 1 is 1.48 bits per heavy atom. The Morgan fingerprint density at radius 2 is 2.24 bits per heavy atom. The smallest absolute Gasteiger partial charge is 0.254 e. The molecule has 0 saturated carbocycles. The van der Waals surface area contributed by atoms with E-state index in [0.29, 0.717) is 31.4 Å². The van der Waals surface area contributed by atoms with Crippen LogP contribution in [-0.4, -0.2) is 42.2 Å². The number of morpholine rings is 1. The monoisotopic (exact) mass is 323 g/mol. The van der Waals surface area contributed by atoms with Gasteiger partial charge in [-0.15, -0.1) is 11.3 Å². The molecule has 112 valence electrons. The molecule has 1 amide bonds. The van der Waals surface area contributed by atoms with E-state index in [2.05, 4.69) is 10.6 Å². The van der Waals surface area contributed by atoms with Gasteiger partial charge in [-0.2, -0.15) is 0 Å². The summed E-state index contributed by atoms with van der Waals surface area (Å²) >= 11 is 6.85. The zero-order valence-electron chi connectivity index (χ0n) is 11.7. The minimum Gasteiger partial charge on any atom is -0.378 e. The van der Waals surface area contributed by atoms with Crippen LogP contribution in [0.2, 0.25) is 0 Å². The van der Waals surface area contributed by atoms with E-state index in [4.69, 9.17) is 17.0 Å². The number of thiophene rings is 1. The van der Waals surface area contributed by atoms with Crippen molar-refractivity contribution in [2.75, 3.05) is 26.3 Å². The number of nitrogens with zero attached hydrogens (tertiary/aromatic N) is 1. The lowest BCUT2D eigenvalue weighted by atomic mass is 10.00. The van der Waals surface area contributed by atoms with Crippen molar-refractivity contribution in [3.8, 4) is 0 Å². The molecule has 1 aromatic heterocycles. The van der Waals surface area contributed by atoms with Gasteiger partial charge in [0.1, 0.15) is 0 Å². The summed E-state index contributed by atoms with van der Waals surface area (Å²) in [6.45, 7) is 4.37. The van der Waals surface area contributed by atoms with Crippen molar-refractivity contribution < 1.29 is 9.53 Å².